The van der Waals surface area contributed by atoms with E-state index in [0.717, 1.165) is 0 Å². The van der Waals surface area contributed by atoms with E-state index in [9.17, 15) is 18.7 Å². The van der Waals surface area contributed by atoms with Gasteiger partial charge in [-0.15, -0.1) is 0 Å². The summed E-state index contributed by atoms with van der Waals surface area (Å²) in [5, 5.41) is 11.9. The third-order valence-corrected chi connectivity index (χ3v) is 2.96. The van der Waals surface area contributed by atoms with E-state index in [1.807, 2.05) is 0 Å². The zero-order chi connectivity index (χ0) is 12.9. The van der Waals surface area contributed by atoms with E-state index in [1.165, 1.54) is 7.11 Å². The molecule has 2 N–H and O–H groups in total. The largest absolute Gasteiger partial charge is 0.389 e. The summed E-state index contributed by atoms with van der Waals surface area (Å²) >= 11 is 0. The monoisotopic (exact) mass is 251 g/mol. The van der Waals surface area contributed by atoms with Crippen LogP contribution in [0.25, 0.3) is 0 Å². The van der Waals surface area contributed by atoms with Crippen LogP contribution in [0.15, 0.2) is 0 Å². The van der Waals surface area contributed by atoms with Crippen LogP contribution >= 0.6 is 0 Å². The number of aliphatic hydroxyl groups is 1. The number of alkyl halides is 2. The molecule has 0 spiro atoms. The molecule has 0 aromatic heterocycles. The summed E-state index contributed by atoms with van der Waals surface area (Å²) in [5.41, 5.74) is 0. The fraction of sp³-hybridized carbons (Fsp3) is 0.909. The first-order valence-electron chi connectivity index (χ1n) is 5.77. The smallest absolute Gasteiger partial charge is 0.248 e. The predicted octanol–water partition coefficient (Wildman–Crippen LogP) is 0.935. The third-order valence-electron chi connectivity index (χ3n) is 2.96. The van der Waals surface area contributed by atoms with Crippen LogP contribution in [0, 0.1) is 5.92 Å². The van der Waals surface area contributed by atoms with Crippen molar-refractivity contribution in [1.29, 1.82) is 0 Å². The summed E-state index contributed by atoms with van der Waals surface area (Å²) in [6, 6.07) is 0. The van der Waals surface area contributed by atoms with Gasteiger partial charge in [0, 0.05) is 32.4 Å². The highest BCUT2D eigenvalue weighted by Gasteiger charge is 2.37. The molecule has 1 amide bonds. The average Bonchev–Trinajstić information content (AvgIpc) is 2.26. The number of methoxy groups -OCH3 is 1. The van der Waals surface area contributed by atoms with Crippen molar-refractivity contribution in [3.05, 3.63) is 0 Å². The molecule has 1 fully saturated rings. The van der Waals surface area contributed by atoms with Crippen molar-refractivity contribution in [1.82, 2.24) is 5.32 Å². The number of rotatable bonds is 5. The molecule has 1 saturated carbocycles. The maximum absolute atomic E-state index is 12.9. The number of carbonyl (C=O) groups is 1. The van der Waals surface area contributed by atoms with E-state index in [4.69, 9.17) is 4.74 Å². The Morgan fingerprint density at radius 3 is 2.65 bits per heavy atom. The lowest BCUT2D eigenvalue weighted by molar-refractivity contribution is -0.129. The highest BCUT2D eigenvalue weighted by Crippen LogP contribution is 2.36. The van der Waals surface area contributed by atoms with Gasteiger partial charge >= 0.3 is 0 Å². The number of carbonyl (C=O) groups excluding carboxylic acids is 1. The van der Waals surface area contributed by atoms with E-state index >= 15 is 0 Å². The zero-order valence-electron chi connectivity index (χ0n) is 9.92. The molecule has 0 bridgehead atoms. The predicted molar refractivity (Wildman–Crippen MR) is 57.8 cm³/mol. The van der Waals surface area contributed by atoms with E-state index < -0.39 is 12.0 Å². The van der Waals surface area contributed by atoms with E-state index in [1.54, 1.807) is 0 Å². The molecule has 0 aromatic carbocycles. The molecular formula is C11H19F2NO3. The number of amides is 1. The SMILES string of the molecule is COCC(O)CNC(=O)C1CCC(F)(F)CC1. The van der Waals surface area contributed by atoms with Crippen LogP contribution in [-0.2, 0) is 9.53 Å². The molecule has 1 atom stereocenters. The van der Waals surface area contributed by atoms with Crippen molar-refractivity contribution >= 4 is 5.91 Å². The first kappa shape index (κ1) is 14.3. The zero-order valence-corrected chi connectivity index (χ0v) is 9.92. The summed E-state index contributed by atoms with van der Waals surface area (Å²) in [6.45, 7) is 0.239. The molecule has 0 radical (unpaired) electrons. The Kier molecular flexibility index (Phi) is 5.27. The number of hydrogen-bond acceptors (Lipinski definition) is 3. The van der Waals surface area contributed by atoms with Gasteiger partial charge in [0.15, 0.2) is 0 Å². The van der Waals surface area contributed by atoms with Gasteiger partial charge in [0.2, 0.25) is 11.8 Å². The van der Waals surface area contributed by atoms with Crippen molar-refractivity contribution in [3.8, 4) is 0 Å². The second-order valence-corrected chi connectivity index (χ2v) is 4.48. The van der Waals surface area contributed by atoms with Gasteiger partial charge in [-0.2, -0.15) is 0 Å². The Morgan fingerprint density at radius 1 is 1.53 bits per heavy atom. The van der Waals surface area contributed by atoms with Crippen LogP contribution < -0.4 is 5.32 Å². The van der Waals surface area contributed by atoms with Gasteiger partial charge in [0.25, 0.3) is 0 Å². The topological polar surface area (TPSA) is 58.6 Å². The first-order valence-corrected chi connectivity index (χ1v) is 5.77. The molecule has 1 aliphatic carbocycles. The van der Waals surface area contributed by atoms with Crippen LogP contribution in [0.3, 0.4) is 0 Å². The number of halogens is 2. The van der Waals surface area contributed by atoms with Crippen LogP contribution in [0.1, 0.15) is 25.7 Å². The first-order chi connectivity index (χ1) is 7.94. The number of nitrogens with one attached hydrogen (secondary N) is 1. The number of hydrogen-bond donors (Lipinski definition) is 2. The average molecular weight is 251 g/mol. The third kappa shape index (κ3) is 4.95. The Morgan fingerprint density at radius 2 is 2.12 bits per heavy atom. The van der Waals surface area contributed by atoms with Gasteiger partial charge in [0.1, 0.15) is 0 Å². The lowest BCUT2D eigenvalue weighted by atomic mass is 9.86. The van der Waals surface area contributed by atoms with Crippen molar-refractivity contribution in [3.63, 3.8) is 0 Å². The molecule has 100 valence electrons. The van der Waals surface area contributed by atoms with E-state index in [0.29, 0.717) is 0 Å². The molecule has 6 heteroatoms. The fourth-order valence-electron chi connectivity index (χ4n) is 1.92. The van der Waals surface area contributed by atoms with Crippen LogP contribution in [0.5, 0.6) is 0 Å². The normalized spacial score (nSPS) is 22.1. The number of ether oxygens (including phenoxy) is 1. The summed E-state index contributed by atoms with van der Waals surface area (Å²) < 4.78 is 30.4. The summed E-state index contributed by atoms with van der Waals surface area (Å²) in [6.07, 6.45) is -0.801. The number of aliphatic hydroxyl groups excluding tert-OH is 1. The van der Waals surface area contributed by atoms with Gasteiger partial charge in [0.05, 0.1) is 12.7 Å². The minimum Gasteiger partial charge on any atom is -0.389 e. The molecule has 4 nitrogen and oxygen atoms in total. The van der Waals surface area contributed by atoms with Gasteiger partial charge < -0.3 is 15.2 Å². The lowest BCUT2D eigenvalue weighted by Crippen LogP contribution is -2.40. The second kappa shape index (κ2) is 6.26. The summed E-state index contributed by atoms with van der Waals surface area (Å²) in [7, 11) is 1.45. The molecule has 0 aliphatic heterocycles. The standard InChI is InChI=1S/C11H19F2NO3/c1-17-7-9(15)6-14-10(16)8-2-4-11(12,13)5-3-8/h8-9,15H,2-7H2,1H3,(H,14,16). The highest BCUT2D eigenvalue weighted by molar-refractivity contribution is 5.78. The minimum atomic E-state index is -2.62. The Balaban J connectivity index is 2.25. The molecule has 0 aromatic rings. The lowest BCUT2D eigenvalue weighted by Gasteiger charge is -2.27. The molecular weight excluding hydrogens is 232 g/mol. The van der Waals surface area contributed by atoms with Gasteiger partial charge in [-0.3, -0.25) is 4.79 Å². The van der Waals surface area contributed by atoms with Gasteiger partial charge in [-0.05, 0) is 12.8 Å². The van der Waals surface area contributed by atoms with Crippen molar-refractivity contribution in [2.24, 2.45) is 5.92 Å². The highest BCUT2D eigenvalue weighted by atomic mass is 19.3. The van der Waals surface area contributed by atoms with Crippen molar-refractivity contribution in [2.75, 3.05) is 20.3 Å². The molecule has 1 unspecified atom stereocenters. The fourth-order valence-corrected chi connectivity index (χ4v) is 1.92. The molecule has 1 rings (SSSR count). The Hall–Kier alpha value is -0.750. The van der Waals surface area contributed by atoms with Crippen LogP contribution in [0.2, 0.25) is 0 Å². The summed E-state index contributed by atoms with van der Waals surface area (Å²) in [4.78, 5) is 11.6. The summed E-state index contributed by atoms with van der Waals surface area (Å²) in [5.74, 6) is -3.23. The van der Waals surface area contributed by atoms with Crippen molar-refractivity contribution in [2.45, 2.75) is 37.7 Å². The molecule has 1 aliphatic rings. The molecule has 17 heavy (non-hydrogen) atoms. The maximum atomic E-state index is 12.9. The van der Waals surface area contributed by atoms with Crippen molar-refractivity contribution < 1.29 is 23.4 Å². The van der Waals surface area contributed by atoms with Gasteiger partial charge in [-0.25, -0.2) is 8.78 Å². The quantitative estimate of drug-likeness (QED) is 0.764. The molecule has 0 heterocycles. The molecule has 0 saturated heterocycles. The Labute approximate surface area is 99.3 Å². The Bertz CT molecular complexity index is 251. The van der Waals surface area contributed by atoms with Crippen LogP contribution in [0.4, 0.5) is 8.78 Å². The maximum Gasteiger partial charge on any atom is 0.248 e. The van der Waals surface area contributed by atoms with E-state index in [-0.39, 0.29) is 50.7 Å². The minimum absolute atomic E-state index is 0.0968. The van der Waals surface area contributed by atoms with E-state index in [2.05, 4.69) is 5.32 Å². The second-order valence-electron chi connectivity index (χ2n) is 4.48. The van der Waals surface area contributed by atoms with Gasteiger partial charge in [-0.1, -0.05) is 0 Å². The van der Waals surface area contributed by atoms with Crippen LogP contribution in [-0.4, -0.2) is 43.3 Å².